The van der Waals surface area contributed by atoms with Gasteiger partial charge in [0.1, 0.15) is 0 Å². The molecule has 1 spiro atoms. The van der Waals surface area contributed by atoms with Crippen LogP contribution in [0.3, 0.4) is 0 Å². The molecule has 1 aliphatic heterocycles. The fraction of sp³-hybridized carbons (Fsp3) is 1.00. The SMILES string of the molecule is CC.CC1(C)CCC2(CC1C[N+](=O)[O-])OCCO2. The van der Waals surface area contributed by atoms with Gasteiger partial charge < -0.3 is 9.47 Å². The van der Waals surface area contributed by atoms with Crippen molar-refractivity contribution in [1.29, 1.82) is 0 Å². The fourth-order valence-corrected chi connectivity index (χ4v) is 2.72. The van der Waals surface area contributed by atoms with Crippen molar-refractivity contribution in [2.75, 3.05) is 19.8 Å². The molecular formula is C13H25NO4. The molecule has 0 amide bonds. The van der Waals surface area contributed by atoms with E-state index in [1.165, 1.54) is 0 Å². The summed E-state index contributed by atoms with van der Waals surface area (Å²) in [7, 11) is 0. The molecule has 0 N–H and O–H groups in total. The minimum atomic E-state index is -0.518. The first-order valence-corrected chi connectivity index (χ1v) is 6.83. The summed E-state index contributed by atoms with van der Waals surface area (Å²) in [5, 5.41) is 10.7. The van der Waals surface area contributed by atoms with E-state index in [0.29, 0.717) is 19.6 Å². The van der Waals surface area contributed by atoms with Gasteiger partial charge in [0.15, 0.2) is 5.79 Å². The predicted octanol–water partition coefficient (Wildman–Crippen LogP) is 2.86. The van der Waals surface area contributed by atoms with Gasteiger partial charge in [-0.3, -0.25) is 10.1 Å². The molecule has 1 unspecified atom stereocenters. The van der Waals surface area contributed by atoms with E-state index in [2.05, 4.69) is 13.8 Å². The highest BCUT2D eigenvalue weighted by atomic mass is 16.7. The van der Waals surface area contributed by atoms with Crippen molar-refractivity contribution in [1.82, 2.24) is 0 Å². The van der Waals surface area contributed by atoms with Crippen LogP contribution in [0.2, 0.25) is 0 Å². The smallest absolute Gasteiger partial charge is 0.207 e. The number of nitrogens with zero attached hydrogens (tertiary/aromatic N) is 1. The van der Waals surface area contributed by atoms with Gasteiger partial charge in [-0.1, -0.05) is 27.7 Å². The standard InChI is InChI=1S/C11H19NO4.C2H6/c1-10(2)3-4-11(15-5-6-16-11)7-9(10)8-12(13)14;1-2/h9H,3-8H2,1-2H3;1-2H3. The summed E-state index contributed by atoms with van der Waals surface area (Å²) in [6.07, 6.45) is 2.43. The lowest BCUT2D eigenvalue weighted by Gasteiger charge is -2.44. The number of rotatable bonds is 2. The van der Waals surface area contributed by atoms with Crippen LogP contribution in [0.1, 0.15) is 47.0 Å². The summed E-state index contributed by atoms with van der Waals surface area (Å²) < 4.78 is 11.3. The highest BCUT2D eigenvalue weighted by molar-refractivity contribution is 4.92. The summed E-state index contributed by atoms with van der Waals surface area (Å²) in [5.41, 5.74) is 0.00757. The molecular weight excluding hydrogens is 234 g/mol. The maximum absolute atomic E-state index is 10.7. The molecule has 18 heavy (non-hydrogen) atoms. The number of hydrogen-bond donors (Lipinski definition) is 0. The van der Waals surface area contributed by atoms with E-state index in [0.717, 1.165) is 12.8 Å². The lowest BCUT2D eigenvalue weighted by Crippen LogP contribution is -2.46. The van der Waals surface area contributed by atoms with E-state index in [1.54, 1.807) is 0 Å². The van der Waals surface area contributed by atoms with Gasteiger partial charge in [-0.25, -0.2) is 0 Å². The normalized spacial score (nSPS) is 28.6. The number of hydrogen-bond acceptors (Lipinski definition) is 4. The molecule has 0 aromatic rings. The zero-order valence-corrected chi connectivity index (χ0v) is 11.9. The largest absolute Gasteiger partial charge is 0.348 e. The monoisotopic (exact) mass is 259 g/mol. The highest BCUT2D eigenvalue weighted by Gasteiger charge is 2.49. The molecule has 1 aliphatic carbocycles. The van der Waals surface area contributed by atoms with Gasteiger partial charge in [0.2, 0.25) is 6.54 Å². The first kappa shape index (κ1) is 15.4. The summed E-state index contributed by atoms with van der Waals surface area (Å²) in [6.45, 7) is 9.45. The molecule has 5 nitrogen and oxygen atoms in total. The molecule has 1 atom stereocenters. The lowest BCUT2D eigenvalue weighted by atomic mass is 9.67. The van der Waals surface area contributed by atoms with Crippen molar-refractivity contribution in [3.63, 3.8) is 0 Å². The van der Waals surface area contributed by atoms with Crippen molar-refractivity contribution < 1.29 is 14.4 Å². The van der Waals surface area contributed by atoms with Crippen LogP contribution < -0.4 is 0 Å². The summed E-state index contributed by atoms with van der Waals surface area (Å²) in [5.74, 6) is -0.481. The lowest BCUT2D eigenvalue weighted by molar-refractivity contribution is -0.495. The van der Waals surface area contributed by atoms with E-state index in [1.807, 2.05) is 13.8 Å². The quantitative estimate of drug-likeness (QED) is 0.565. The molecule has 5 heteroatoms. The van der Waals surface area contributed by atoms with Crippen LogP contribution in [-0.4, -0.2) is 30.5 Å². The Hall–Kier alpha value is -0.680. The Kier molecular flexibility index (Phi) is 5.10. The third-order valence-corrected chi connectivity index (χ3v) is 4.00. The van der Waals surface area contributed by atoms with Crippen molar-refractivity contribution in [2.24, 2.45) is 11.3 Å². The molecule has 106 valence electrons. The van der Waals surface area contributed by atoms with Crippen LogP contribution in [0.5, 0.6) is 0 Å². The Morgan fingerprint density at radius 1 is 1.22 bits per heavy atom. The second-order valence-electron chi connectivity index (χ2n) is 5.51. The first-order valence-electron chi connectivity index (χ1n) is 6.83. The molecule has 0 bridgehead atoms. The van der Waals surface area contributed by atoms with Crippen molar-refractivity contribution in [3.8, 4) is 0 Å². The second-order valence-corrected chi connectivity index (χ2v) is 5.51. The third-order valence-electron chi connectivity index (χ3n) is 4.00. The molecule has 2 aliphatic rings. The minimum Gasteiger partial charge on any atom is -0.348 e. The fourth-order valence-electron chi connectivity index (χ4n) is 2.72. The van der Waals surface area contributed by atoms with E-state index in [9.17, 15) is 10.1 Å². The molecule has 0 radical (unpaired) electrons. The molecule has 0 aromatic heterocycles. The molecule has 1 heterocycles. The average molecular weight is 259 g/mol. The van der Waals surface area contributed by atoms with E-state index < -0.39 is 5.79 Å². The first-order chi connectivity index (χ1) is 8.44. The van der Waals surface area contributed by atoms with Gasteiger partial charge in [0, 0.05) is 23.7 Å². The predicted molar refractivity (Wildman–Crippen MR) is 69.0 cm³/mol. The van der Waals surface area contributed by atoms with Crippen LogP contribution in [0, 0.1) is 21.4 Å². The summed E-state index contributed by atoms with van der Waals surface area (Å²) in [4.78, 5) is 10.5. The summed E-state index contributed by atoms with van der Waals surface area (Å²) >= 11 is 0. The van der Waals surface area contributed by atoms with Crippen molar-refractivity contribution in [2.45, 2.75) is 52.7 Å². The Morgan fingerprint density at radius 3 is 2.28 bits per heavy atom. The molecule has 1 saturated heterocycles. The van der Waals surface area contributed by atoms with Crippen LogP contribution in [0.25, 0.3) is 0 Å². The topological polar surface area (TPSA) is 61.6 Å². The average Bonchev–Trinajstić information content (AvgIpc) is 2.76. The Labute approximate surface area is 109 Å². The van der Waals surface area contributed by atoms with Gasteiger partial charge in [-0.15, -0.1) is 0 Å². The van der Waals surface area contributed by atoms with Gasteiger partial charge in [0.25, 0.3) is 0 Å². The third kappa shape index (κ3) is 3.42. The van der Waals surface area contributed by atoms with E-state index in [-0.39, 0.29) is 22.8 Å². The van der Waals surface area contributed by atoms with Gasteiger partial charge in [-0.2, -0.15) is 0 Å². The zero-order chi connectivity index (χ0) is 13.8. The maximum Gasteiger partial charge on any atom is 0.207 e. The van der Waals surface area contributed by atoms with Crippen molar-refractivity contribution in [3.05, 3.63) is 10.1 Å². The van der Waals surface area contributed by atoms with Gasteiger partial charge >= 0.3 is 0 Å². The molecule has 1 saturated carbocycles. The van der Waals surface area contributed by atoms with Crippen molar-refractivity contribution >= 4 is 0 Å². The molecule has 2 fully saturated rings. The molecule has 0 aromatic carbocycles. The Morgan fingerprint density at radius 2 is 1.78 bits per heavy atom. The van der Waals surface area contributed by atoms with Crippen LogP contribution in [-0.2, 0) is 9.47 Å². The Balaban J connectivity index is 0.000000771. The molecule has 2 rings (SSSR count). The van der Waals surface area contributed by atoms with E-state index in [4.69, 9.17) is 9.47 Å². The number of ether oxygens (including phenoxy) is 2. The van der Waals surface area contributed by atoms with Gasteiger partial charge in [-0.05, 0) is 11.8 Å². The van der Waals surface area contributed by atoms with Crippen LogP contribution in [0.4, 0.5) is 0 Å². The Bertz CT molecular complexity index is 285. The van der Waals surface area contributed by atoms with Crippen LogP contribution >= 0.6 is 0 Å². The summed E-state index contributed by atoms with van der Waals surface area (Å²) in [6, 6.07) is 0. The zero-order valence-electron chi connectivity index (χ0n) is 11.9. The number of nitro groups is 1. The minimum absolute atomic E-state index is 0.00757. The van der Waals surface area contributed by atoms with Gasteiger partial charge in [0.05, 0.1) is 13.2 Å². The second kappa shape index (κ2) is 5.97. The highest BCUT2D eigenvalue weighted by Crippen LogP contribution is 2.47. The van der Waals surface area contributed by atoms with E-state index >= 15 is 0 Å². The van der Waals surface area contributed by atoms with Crippen LogP contribution in [0.15, 0.2) is 0 Å². The maximum atomic E-state index is 10.7.